The van der Waals surface area contributed by atoms with Crippen LogP contribution in [0.2, 0.25) is 5.02 Å². The third kappa shape index (κ3) is 4.29. The number of amides is 1. The molecule has 26 heavy (non-hydrogen) atoms. The van der Waals surface area contributed by atoms with Gasteiger partial charge in [-0.2, -0.15) is 0 Å². The molecule has 1 heterocycles. The van der Waals surface area contributed by atoms with E-state index in [1.807, 2.05) is 56.1 Å². The highest BCUT2D eigenvalue weighted by Crippen LogP contribution is 2.31. The summed E-state index contributed by atoms with van der Waals surface area (Å²) in [6.45, 7) is 5.58. The lowest BCUT2D eigenvalue weighted by Gasteiger charge is -2.25. The fraction of sp³-hybridized carbons (Fsp3) is 0.350. The van der Waals surface area contributed by atoms with Crippen molar-refractivity contribution in [2.75, 3.05) is 25.6 Å². The van der Waals surface area contributed by atoms with Gasteiger partial charge in [-0.05, 0) is 56.3 Å². The van der Waals surface area contributed by atoms with Crippen LogP contribution in [0, 0.1) is 6.92 Å². The molecule has 3 rings (SSSR count). The van der Waals surface area contributed by atoms with E-state index in [9.17, 15) is 4.79 Å². The molecular formula is C20H23ClN2O3. The molecule has 1 aliphatic heterocycles. The number of nitrogens with one attached hydrogen (secondary N) is 1. The smallest absolute Gasteiger partial charge is 0.241 e. The highest BCUT2D eigenvalue weighted by atomic mass is 35.5. The summed E-state index contributed by atoms with van der Waals surface area (Å²) >= 11 is 6.02. The van der Waals surface area contributed by atoms with Crippen LogP contribution in [0.1, 0.15) is 18.1 Å². The minimum absolute atomic E-state index is 0.0737. The molecule has 0 radical (unpaired) electrons. The Morgan fingerprint density at radius 1 is 1.19 bits per heavy atom. The maximum Gasteiger partial charge on any atom is 0.241 e. The molecule has 0 aliphatic carbocycles. The highest BCUT2D eigenvalue weighted by molar-refractivity contribution is 6.31. The molecule has 0 unspecified atom stereocenters. The van der Waals surface area contributed by atoms with Crippen molar-refractivity contribution in [1.82, 2.24) is 4.90 Å². The van der Waals surface area contributed by atoms with Crippen molar-refractivity contribution in [2.24, 2.45) is 0 Å². The van der Waals surface area contributed by atoms with Crippen molar-refractivity contribution in [3.8, 4) is 11.5 Å². The van der Waals surface area contributed by atoms with Gasteiger partial charge in [0, 0.05) is 17.3 Å². The minimum atomic E-state index is -0.304. The average Bonchev–Trinajstić information content (AvgIpc) is 2.64. The fourth-order valence-corrected chi connectivity index (χ4v) is 2.95. The van der Waals surface area contributed by atoms with E-state index in [-0.39, 0.29) is 11.9 Å². The van der Waals surface area contributed by atoms with Gasteiger partial charge < -0.3 is 14.8 Å². The first kappa shape index (κ1) is 18.5. The number of carbonyl (C=O) groups is 1. The van der Waals surface area contributed by atoms with Crippen LogP contribution in [0.5, 0.6) is 11.5 Å². The lowest BCUT2D eigenvalue weighted by molar-refractivity contribution is -0.120. The molecule has 1 aliphatic rings. The minimum Gasteiger partial charge on any atom is -0.486 e. The van der Waals surface area contributed by atoms with Gasteiger partial charge in [0.2, 0.25) is 5.91 Å². The van der Waals surface area contributed by atoms with Crippen LogP contribution in [-0.2, 0) is 11.3 Å². The van der Waals surface area contributed by atoms with E-state index in [0.717, 1.165) is 28.3 Å². The Kier molecular flexibility index (Phi) is 5.69. The van der Waals surface area contributed by atoms with Gasteiger partial charge in [0.1, 0.15) is 13.2 Å². The largest absolute Gasteiger partial charge is 0.486 e. The van der Waals surface area contributed by atoms with Crippen LogP contribution in [0.15, 0.2) is 36.4 Å². The monoisotopic (exact) mass is 374 g/mol. The van der Waals surface area contributed by atoms with Gasteiger partial charge >= 0.3 is 0 Å². The lowest BCUT2D eigenvalue weighted by atomic mass is 10.1. The number of rotatable bonds is 5. The summed E-state index contributed by atoms with van der Waals surface area (Å²) in [5, 5.41) is 3.56. The van der Waals surface area contributed by atoms with E-state index < -0.39 is 0 Å². The summed E-state index contributed by atoms with van der Waals surface area (Å²) in [7, 11) is 1.92. The quantitative estimate of drug-likeness (QED) is 0.862. The number of halogens is 1. The van der Waals surface area contributed by atoms with Gasteiger partial charge in [0.05, 0.1) is 6.04 Å². The van der Waals surface area contributed by atoms with Crippen LogP contribution in [-0.4, -0.2) is 37.1 Å². The molecular weight excluding hydrogens is 352 g/mol. The number of nitrogens with zero attached hydrogens (tertiary/aromatic N) is 1. The first-order valence-electron chi connectivity index (χ1n) is 8.60. The molecule has 138 valence electrons. The number of benzene rings is 2. The van der Waals surface area contributed by atoms with Gasteiger partial charge in [0.25, 0.3) is 0 Å². The predicted molar refractivity (Wildman–Crippen MR) is 103 cm³/mol. The molecule has 0 saturated heterocycles. The van der Waals surface area contributed by atoms with Crippen molar-refractivity contribution < 1.29 is 14.3 Å². The zero-order valence-electron chi connectivity index (χ0n) is 15.2. The first-order valence-corrected chi connectivity index (χ1v) is 8.97. The zero-order valence-corrected chi connectivity index (χ0v) is 16.0. The van der Waals surface area contributed by atoms with Gasteiger partial charge in [-0.1, -0.05) is 23.7 Å². The maximum absolute atomic E-state index is 12.6. The normalized spacial score (nSPS) is 14.2. The van der Waals surface area contributed by atoms with Crippen molar-refractivity contribution in [1.29, 1.82) is 0 Å². The van der Waals surface area contributed by atoms with Crippen LogP contribution < -0.4 is 14.8 Å². The van der Waals surface area contributed by atoms with E-state index in [2.05, 4.69) is 5.32 Å². The second-order valence-corrected chi connectivity index (χ2v) is 6.95. The predicted octanol–water partition coefficient (Wildman–Crippen LogP) is 3.88. The third-order valence-corrected chi connectivity index (χ3v) is 4.77. The van der Waals surface area contributed by atoms with E-state index in [4.69, 9.17) is 21.1 Å². The lowest BCUT2D eigenvalue weighted by Crippen LogP contribution is -2.39. The summed E-state index contributed by atoms with van der Waals surface area (Å²) in [6, 6.07) is 11.0. The molecule has 2 aromatic rings. The number of ether oxygens (including phenoxy) is 2. The molecule has 1 N–H and O–H groups in total. The number of hydrogen-bond donors (Lipinski definition) is 1. The fourth-order valence-electron chi connectivity index (χ4n) is 2.78. The summed E-state index contributed by atoms with van der Waals surface area (Å²) in [6.07, 6.45) is 0. The van der Waals surface area contributed by atoms with E-state index >= 15 is 0 Å². The summed E-state index contributed by atoms with van der Waals surface area (Å²) in [5.74, 6) is 1.45. The molecule has 5 nitrogen and oxygen atoms in total. The number of fused-ring (bicyclic) bond motifs is 1. The maximum atomic E-state index is 12.6. The molecule has 0 fully saturated rings. The Bertz CT molecular complexity index is 810. The van der Waals surface area contributed by atoms with E-state index in [1.54, 1.807) is 6.07 Å². The summed E-state index contributed by atoms with van der Waals surface area (Å²) in [4.78, 5) is 14.6. The Morgan fingerprint density at radius 3 is 2.69 bits per heavy atom. The van der Waals surface area contributed by atoms with Crippen molar-refractivity contribution in [3.05, 3.63) is 52.5 Å². The molecule has 0 bridgehead atoms. The van der Waals surface area contributed by atoms with E-state index in [1.165, 1.54) is 0 Å². The van der Waals surface area contributed by atoms with Crippen molar-refractivity contribution in [3.63, 3.8) is 0 Å². The Hall–Kier alpha value is -2.24. The summed E-state index contributed by atoms with van der Waals surface area (Å²) in [5.41, 5.74) is 2.78. The molecule has 1 atom stereocenters. The van der Waals surface area contributed by atoms with E-state index in [0.29, 0.717) is 24.8 Å². The number of anilines is 1. The topological polar surface area (TPSA) is 50.8 Å². The molecule has 0 saturated carbocycles. The number of hydrogen-bond acceptors (Lipinski definition) is 4. The molecule has 0 spiro atoms. The van der Waals surface area contributed by atoms with Crippen molar-refractivity contribution >= 4 is 23.2 Å². The third-order valence-electron chi connectivity index (χ3n) is 4.54. The van der Waals surface area contributed by atoms with Crippen LogP contribution in [0.3, 0.4) is 0 Å². The van der Waals surface area contributed by atoms with Gasteiger partial charge in [0.15, 0.2) is 11.5 Å². The second kappa shape index (κ2) is 7.98. The second-order valence-electron chi connectivity index (χ2n) is 6.52. The number of aryl methyl sites for hydroxylation is 1. The van der Waals surface area contributed by atoms with Crippen LogP contribution in [0.25, 0.3) is 0 Å². The zero-order chi connectivity index (χ0) is 18.7. The highest BCUT2D eigenvalue weighted by Gasteiger charge is 2.20. The molecule has 0 aromatic heterocycles. The van der Waals surface area contributed by atoms with Crippen LogP contribution in [0.4, 0.5) is 5.69 Å². The van der Waals surface area contributed by atoms with Crippen LogP contribution >= 0.6 is 11.6 Å². The Labute approximate surface area is 158 Å². The van der Waals surface area contributed by atoms with Crippen molar-refractivity contribution in [2.45, 2.75) is 26.4 Å². The molecule has 1 amide bonds. The van der Waals surface area contributed by atoms with Gasteiger partial charge in [-0.25, -0.2) is 0 Å². The van der Waals surface area contributed by atoms with Gasteiger partial charge in [-0.15, -0.1) is 0 Å². The number of likely N-dealkylation sites (N-methyl/N-ethyl adjacent to an activating group) is 1. The first-order chi connectivity index (χ1) is 12.4. The molecule has 2 aromatic carbocycles. The average molecular weight is 375 g/mol. The molecule has 6 heteroatoms. The standard InChI is InChI=1S/C20H23ClN2O3/c1-13-4-6-16(21)11-17(13)22-20(24)14(2)23(3)12-15-5-7-18-19(10-15)26-9-8-25-18/h4-7,10-11,14H,8-9,12H2,1-3H3,(H,22,24)/t14-/m0/s1. The van der Waals surface area contributed by atoms with Gasteiger partial charge in [-0.3, -0.25) is 9.69 Å². The Balaban J connectivity index is 1.64. The Morgan fingerprint density at radius 2 is 1.92 bits per heavy atom. The SMILES string of the molecule is Cc1ccc(Cl)cc1NC(=O)[C@H](C)N(C)Cc1ccc2c(c1)OCCO2. The number of carbonyl (C=O) groups excluding carboxylic acids is 1. The summed E-state index contributed by atoms with van der Waals surface area (Å²) < 4.78 is 11.2.